The molecule has 0 atom stereocenters. The summed E-state index contributed by atoms with van der Waals surface area (Å²) in [4.78, 5) is 16.7. The second-order valence-electron chi connectivity index (χ2n) is 7.37. The van der Waals surface area contributed by atoms with E-state index in [1.807, 2.05) is 24.3 Å². The van der Waals surface area contributed by atoms with E-state index < -0.39 is 0 Å². The van der Waals surface area contributed by atoms with Gasteiger partial charge in [-0.2, -0.15) is 0 Å². The third-order valence-corrected chi connectivity index (χ3v) is 5.23. The smallest absolute Gasteiger partial charge is 0.250 e. The predicted molar refractivity (Wildman–Crippen MR) is 112 cm³/mol. The van der Waals surface area contributed by atoms with Crippen molar-refractivity contribution in [2.75, 3.05) is 5.32 Å². The summed E-state index contributed by atoms with van der Waals surface area (Å²) < 4.78 is 1.10. The van der Waals surface area contributed by atoms with Crippen LogP contribution in [-0.2, 0) is 16.6 Å². The first-order chi connectivity index (χ1) is 12.3. The van der Waals surface area contributed by atoms with E-state index in [2.05, 4.69) is 62.3 Å². The molecule has 0 radical (unpaired) electrons. The van der Waals surface area contributed by atoms with Gasteiger partial charge in [-0.1, -0.05) is 69.4 Å². The highest BCUT2D eigenvalue weighted by Gasteiger charge is 2.12. The third kappa shape index (κ3) is 4.38. The molecule has 134 valence electrons. The lowest BCUT2D eigenvalue weighted by atomic mass is 9.87. The zero-order valence-electron chi connectivity index (χ0n) is 15.7. The highest BCUT2D eigenvalue weighted by molar-refractivity contribution is 7.22. The van der Waals surface area contributed by atoms with Gasteiger partial charge < -0.3 is 0 Å². The van der Waals surface area contributed by atoms with E-state index in [0.717, 1.165) is 22.2 Å². The van der Waals surface area contributed by atoms with Crippen LogP contribution in [0.3, 0.4) is 0 Å². The van der Waals surface area contributed by atoms with Crippen molar-refractivity contribution in [3.8, 4) is 0 Å². The maximum Gasteiger partial charge on any atom is 0.250 e. The number of fused-ring (bicyclic) bond motifs is 1. The molecule has 3 nitrogen and oxygen atoms in total. The number of rotatable bonds is 4. The number of carbonyl (C=O) groups excluding carboxylic acids is 1. The van der Waals surface area contributed by atoms with Crippen molar-refractivity contribution in [3.63, 3.8) is 0 Å². The average molecular weight is 365 g/mol. The number of benzene rings is 2. The molecule has 0 bridgehead atoms. The lowest BCUT2D eigenvalue weighted by Crippen LogP contribution is -2.10. The predicted octanol–water partition coefficient (Wildman–Crippen LogP) is 5.81. The first-order valence-electron chi connectivity index (χ1n) is 8.84. The molecule has 0 saturated carbocycles. The Labute approximate surface area is 158 Å². The molecule has 3 aromatic rings. The minimum Gasteiger partial charge on any atom is -0.298 e. The van der Waals surface area contributed by atoms with E-state index >= 15 is 0 Å². The Balaban J connectivity index is 1.67. The summed E-state index contributed by atoms with van der Waals surface area (Å²) in [6.45, 7) is 8.69. The van der Waals surface area contributed by atoms with Crippen LogP contribution in [0.5, 0.6) is 0 Å². The minimum absolute atomic E-state index is 0.129. The Bertz CT molecular complexity index is 946. The molecule has 0 aliphatic rings. The fourth-order valence-electron chi connectivity index (χ4n) is 2.66. The van der Waals surface area contributed by atoms with Crippen molar-refractivity contribution in [2.45, 2.75) is 39.5 Å². The summed E-state index contributed by atoms with van der Waals surface area (Å²) in [7, 11) is 0. The molecular formula is C22H24N2OS. The van der Waals surface area contributed by atoms with Gasteiger partial charge in [0.2, 0.25) is 5.91 Å². The molecule has 0 saturated heterocycles. The summed E-state index contributed by atoms with van der Waals surface area (Å²) in [5.74, 6) is -0.167. The van der Waals surface area contributed by atoms with Crippen LogP contribution < -0.4 is 5.32 Å². The lowest BCUT2D eigenvalue weighted by Gasteiger charge is -2.18. The van der Waals surface area contributed by atoms with E-state index in [1.165, 1.54) is 22.5 Å². The second-order valence-corrected chi connectivity index (χ2v) is 8.40. The van der Waals surface area contributed by atoms with Crippen molar-refractivity contribution < 1.29 is 4.79 Å². The Morgan fingerprint density at radius 2 is 1.88 bits per heavy atom. The molecule has 0 aliphatic heterocycles. The normalized spacial score (nSPS) is 12.0. The topological polar surface area (TPSA) is 42.0 Å². The molecule has 26 heavy (non-hydrogen) atoms. The van der Waals surface area contributed by atoms with E-state index in [9.17, 15) is 4.79 Å². The second kappa shape index (κ2) is 7.42. The first-order valence-corrected chi connectivity index (χ1v) is 9.66. The van der Waals surface area contributed by atoms with E-state index in [0.29, 0.717) is 5.13 Å². The van der Waals surface area contributed by atoms with Gasteiger partial charge in [0.05, 0.1) is 10.2 Å². The molecule has 0 unspecified atom stereocenters. The Morgan fingerprint density at radius 1 is 1.15 bits per heavy atom. The number of aromatic nitrogens is 1. The number of anilines is 1. The fraction of sp³-hybridized carbons (Fsp3) is 0.273. The standard InChI is InChI=1S/C22H24N2OS/c1-5-15-8-12-18-19(14-15)26-21(23-18)24-20(25)13-9-16-6-10-17(11-7-16)22(2,3)4/h6-14H,5H2,1-4H3,(H,23,24,25)/b13-9+. The molecule has 0 aliphatic carbocycles. The molecule has 1 aromatic heterocycles. The van der Waals surface area contributed by atoms with Crippen LogP contribution in [0.15, 0.2) is 48.5 Å². The summed E-state index contributed by atoms with van der Waals surface area (Å²) >= 11 is 1.50. The number of aryl methyl sites for hydroxylation is 1. The zero-order valence-corrected chi connectivity index (χ0v) is 16.5. The molecule has 2 aromatic carbocycles. The number of thiazole rings is 1. The number of nitrogens with one attached hydrogen (secondary N) is 1. The fourth-order valence-corrected chi connectivity index (χ4v) is 3.59. The highest BCUT2D eigenvalue weighted by Crippen LogP contribution is 2.27. The Morgan fingerprint density at radius 3 is 2.54 bits per heavy atom. The summed E-state index contributed by atoms with van der Waals surface area (Å²) in [6.07, 6.45) is 4.37. The largest absolute Gasteiger partial charge is 0.298 e. The first kappa shape index (κ1) is 18.3. The maximum atomic E-state index is 12.2. The van der Waals surface area contributed by atoms with Crippen molar-refractivity contribution in [3.05, 3.63) is 65.2 Å². The van der Waals surface area contributed by atoms with Gasteiger partial charge >= 0.3 is 0 Å². The van der Waals surface area contributed by atoms with Gasteiger partial charge in [-0.3, -0.25) is 10.1 Å². The van der Waals surface area contributed by atoms with Gasteiger partial charge in [0.15, 0.2) is 5.13 Å². The minimum atomic E-state index is -0.167. The summed E-state index contributed by atoms with van der Waals surface area (Å²) in [6, 6.07) is 14.5. The number of hydrogen-bond acceptors (Lipinski definition) is 3. The van der Waals surface area contributed by atoms with Crippen LogP contribution in [0.2, 0.25) is 0 Å². The van der Waals surface area contributed by atoms with Gasteiger partial charge in [0, 0.05) is 6.08 Å². The maximum absolute atomic E-state index is 12.2. The number of amides is 1. The van der Waals surface area contributed by atoms with Gasteiger partial charge in [0.25, 0.3) is 0 Å². The third-order valence-electron chi connectivity index (χ3n) is 4.30. The SMILES string of the molecule is CCc1ccc2nc(NC(=O)/C=C/c3ccc(C(C)(C)C)cc3)sc2c1. The molecular weight excluding hydrogens is 340 g/mol. The number of nitrogens with zero attached hydrogens (tertiary/aromatic N) is 1. The highest BCUT2D eigenvalue weighted by atomic mass is 32.1. The Kier molecular flexibility index (Phi) is 5.23. The van der Waals surface area contributed by atoms with Gasteiger partial charge in [-0.25, -0.2) is 4.98 Å². The van der Waals surface area contributed by atoms with Crippen LogP contribution in [0.25, 0.3) is 16.3 Å². The van der Waals surface area contributed by atoms with Crippen molar-refractivity contribution in [1.82, 2.24) is 4.98 Å². The van der Waals surface area contributed by atoms with Crippen LogP contribution >= 0.6 is 11.3 Å². The van der Waals surface area contributed by atoms with Crippen molar-refractivity contribution >= 4 is 38.7 Å². The van der Waals surface area contributed by atoms with E-state index in [4.69, 9.17) is 0 Å². The molecule has 1 N–H and O–H groups in total. The monoisotopic (exact) mass is 364 g/mol. The lowest BCUT2D eigenvalue weighted by molar-refractivity contribution is -0.111. The van der Waals surface area contributed by atoms with Crippen molar-refractivity contribution in [2.24, 2.45) is 0 Å². The summed E-state index contributed by atoms with van der Waals surface area (Å²) in [5.41, 5.74) is 4.61. The van der Waals surface area contributed by atoms with E-state index in [1.54, 1.807) is 6.08 Å². The average Bonchev–Trinajstić information content (AvgIpc) is 3.00. The number of hydrogen-bond donors (Lipinski definition) is 1. The molecule has 1 amide bonds. The van der Waals surface area contributed by atoms with Crippen LogP contribution in [0.4, 0.5) is 5.13 Å². The molecule has 0 spiro atoms. The summed E-state index contributed by atoms with van der Waals surface area (Å²) in [5, 5.41) is 3.49. The molecule has 3 rings (SSSR count). The molecule has 0 fully saturated rings. The zero-order chi connectivity index (χ0) is 18.7. The Hall–Kier alpha value is -2.46. The van der Waals surface area contributed by atoms with Gasteiger partial charge in [-0.15, -0.1) is 0 Å². The van der Waals surface area contributed by atoms with Crippen LogP contribution in [-0.4, -0.2) is 10.9 Å². The molecule has 1 heterocycles. The van der Waals surface area contributed by atoms with Gasteiger partial charge in [-0.05, 0) is 46.7 Å². The van der Waals surface area contributed by atoms with Crippen molar-refractivity contribution in [1.29, 1.82) is 0 Å². The van der Waals surface area contributed by atoms with Crippen LogP contribution in [0.1, 0.15) is 44.4 Å². The number of carbonyl (C=O) groups is 1. The van der Waals surface area contributed by atoms with E-state index in [-0.39, 0.29) is 11.3 Å². The quantitative estimate of drug-likeness (QED) is 0.594. The van der Waals surface area contributed by atoms with Crippen LogP contribution in [0, 0.1) is 0 Å². The molecule has 4 heteroatoms. The van der Waals surface area contributed by atoms with Gasteiger partial charge in [0.1, 0.15) is 0 Å².